The molecule has 2 N–H and O–H groups in total. The van der Waals surface area contributed by atoms with Crippen molar-refractivity contribution in [3.05, 3.63) is 0 Å². The minimum atomic E-state index is -0.731. The lowest BCUT2D eigenvalue weighted by Crippen LogP contribution is -2.54. The molecule has 0 unspecified atom stereocenters. The number of hydrazine groups is 1. The van der Waals surface area contributed by atoms with E-state index in [4.69, 9.17) is 14.3 Å². The van der Waals surface area contributed by atoms with Gasteiger partial charge in [0.1, 0.15) is 17.2 Å². The fraction of sp³-hybridized carbons (Fsp3) is 0.828. The van der Waals surface area contributed by atoms with E-state index in [0.717, 1.165) is 12.8 Å². The Morgan fingerprint density at radius 1 is 0.930 bits per heavy atom. The Labute approximate surface area is 254 Å². The molecule has 0 aromatic rings. The van der Waals surface area contributed by atoms with E-state index in [0.29, 0.717) is 51.9 Å². The Kier molecular flexibility index (Phi) is 11.5. The number of amides is 6. The molecule has 0 saturated carbocycles. The summed E-state index contributed by atoms with van der Waals surface area (Å²) in [6.07, 6.45) is 2.84. The molecule has 2 bridgehead atoms. The van der Waals surface area contributed by atoms with Gasteiger partial charge in [-0.1, -0.05) is 13.3 Å². The standard InChI is InChI=1S/C29H50N6O8/c1-8-9-18-41-35-21-10-11-22(34(19-21)25(35)38)24(37)31-30-23(36)14-17-33(27(40)43-29(5,6)7)20-12-15-32(16-13-20)26(39)42-28(2,3)4/h20-22H,8-19H2,1-7H3,(H,30,36)(H,31,37)/t21-,22-/m0/s1. The summed E-state index contributed by atoms with van der Waals surface area (Å²) in [5, 5.41) is 1.38. The lowest BCUT2D eigenvalue weighted by molar-refractivity contribution is -0.132. The zero-order valence-corrected chi connectivity index (χ0v) is 26.8. The van der Waals surface area contributed by atoms with E-state index in [1.54, 1.807) is 25.7 Å². The Bertz CT molecular complexity index is 1020. The number of hydrogen-bond donors (Lipinski definition) is 2. The largest absolute Gasteiger partial charge is 0.444 e. The lowest BCUT2D eigenvalue weighted by atomic mass is 10.0. The van der Waals surface area contributed by atoms with Gasteiger partial charge in [0, 0.05) is 38.6 Å². The minimum absolute atomic E-state index is 0.0630. The number of piperidine rings is 2. The molecule has 3 rings (SSSR count). The topological polar surface area (TPSA) is 150 Å². The first-order chi connectivity index (χ1) is 20.1. The average Bonchev–Trinajstić information content (AvgIpc) is 3.15. The van der Waals surface area contributed by atoms with Crippen LogP contribution in [0.5, 0.6) is 0 Å². The van der Waals surface area contributed by atoms with Gasteiger partial charge in [0.2, 0.25) is 5.91 Å². The Hall–Kier alpha value is -3.29. The van der Waals surface area contributed by atoms with Crippen molar-refractivity contribution in [3.8, 4) is 0 Å². The summed E-state index contributed by atoms with van der Waals surface area (Å²) >= 11 is 0. The van der Waals surface area contributed by atoms with E-state index >= 15 is 0 Å². The van der Waals surface area contributed by atoms with E-state index in [2.05, 4.69) is 10.9 Å². The molecule has 3 fully saturated rings. The Balaban J connectivity index is 1.51. The number of nitrogens with one attached hydrogen (secondary N) is 2. The first-order valence-electron chi connectivity index (χ1n) is 15.4. The monoisotopic (exact) mass is 610 g/mol. The molecule has 0 spiro atoms. The highest BCUT2D eigenvalue weighted by molar-refractivity contribution is 5.90. The van der Waals surface area contributed by atoms with Crippen molar-refractivity contribution in [3.63, 3.8) is 0 Å². The molecule has 6 amide bonds. The van der Waals surface area contributed by atoms with E-state index in [1.165, 1.54) is 14.9 Å². The molecule has 3 aliphatic rings. The van der Waals surface area contributed by atoms with Gasteiger partial charge in [-0.25, -0.2) is 14.4 Å². The maximum Gasteiger partial charge on any atom is 0.410 e. The van der Waals surface area contributed by atoms with Gasteiger partial charge in [0.15, 0.2) is 0 Å². The van der Waals surface area contributed by atoms with Gasteiger partial charge in [-0.15, -0.1) is 0 Å². The fourth-order valence-electron chi connectivity index (χ4n) is 5.31. The van der Waals surface area contributed by atoms with Crippen molar-refractivity contribution in [1.29, 1.82) is 0 Å². The third-order valence-electron chi connectivity index (χ3n) is 7.44. The van der Waals surface area contributed by atoms with Crippen LogP contribution in [0.15, 0.2) is 0 Å². The molecular weight excluding hydrogens is 560 g/mol. The van der Waals surface area contributed by atoms with E-state index in [-0.39, 0.29) is 31.1 Å². The molecule has 0 aromatic carbocycles. The summed E-state index contributed by atoms with van der Waals surface area (Å²) < 4.78 is 11.1. The quantitative estimate of drug-likeness (QED) is 0.299. The third kappa shape index (κ3) is 9.87. The van der Waals surface area contributed by atoms with E-state index in [9.17, 15) is 24.0 Å². The predicted octanol–water partition coefficient (Wildman–Crippen LogP) is 3.16. The molecule has 3 heterocycles. The summed E-state index contributed by atoms with van der Waals surface area (Å²) in [5.41, 5.74) is 3.54. The number of urea groups is 1. The fourth-order valence-corrected chi connectivity index (χ4v) is 5.31. The summed E-state index contributed by atoms with van der Waals surface area (Å²) in [4.78, 5) is 74.3. The maximum atomic E-state index is 13.1. The first-order valence-corrected chi connectivity index (χ1v) is 15.4. The second-order valence-corrected chi connectivity index (χ2v) is 13.4. The van der Waals surface area contributed by atoms with Crippen LogP contribution in [-0.4, -0.2) is 112 Å². The van der Waals surface area contributed by atoms with Gasteiger partial charge in [-0.2, -0.15) is 5.06 Å². The molecule has 14 nitrogen and oxygen atoms in total. The molecule has 244 valence electrons. The van der Waals surface area contributed by atoms with Crippen LogP contribution in [0.2, 0.25) is 0 Å². The third-order valence-corrected chi connectivity index (χ3v) is 7.44. The van der Waals surface area contributed by atoms with Crippen LogP contribution in [0.25, 0.3) is 0 Å². The molecule has 0 aromatic heterocycles. The van der Waals surface area contributed by atoms with Gasteiger partial charge in [0.25, 0.3) is 5.91 Å². The Morgan fingerprint density at radius 2 is 1.58 bits per heavy atom. The van der Waals surface area contributed by atoms with Crippen molar-refractivity contribution in [2.75, 3.05) is 32.8 Å². The highest BCUT2D eigenvalue weighted by Gasteiger charge is 2.48. The van der Waals surface area contributed by atoms with Gasteiger partial charge < -0.3 is 24.2 Å². The summed E-state index contributed by atoms with van der Waals surface area (Å²) in [7, 11) is 0. The number of unbranched alkanes of at least 4 members (excludes halogenated alkanes) is 1. The van der Waals surface area contributed by atoms with Crippen LogP contribution in [0.1, 0.15) is 93.4 Å². The van der Waals surface area contributed by atoms with Crippen LogP contribution in [0.3, 0.4) is 0 Å². The zero-order valence-electron chi connectivity index (χ0n) is 26.8. The summed E-state index contributed by atoms with van der Waals surface area (Å²) in [5.74, 6) is -0.965. The number of hydrogen-bond acceptors (Lipinski definition) is 8. The number of likely N-dealkylation sites (tertiary alicyclic amines) is 1. The number of hydroxylamine groups is 2. The molecular formula is C29H50N6O8. The van der Waals surface area contributed by atoms with Crippen molar-refractivity contribution >= 4 is 30.0 Å². The first kappa shape index (κ1) is 34.2. The lowest BCUT2D eigenvalue weighted by Gasteiger charge is -2.39. The van der Waals surface area contributed by atoms with Crippen molar-refractivity contribution in [2.45, 2.75) is 123 Å². The van der Waals surface area contributed by atoms with Crippen molar-refractivity contribution < 1.29 is 38.3 Å². The second kappa shape index (κ2) is 14.5. The van der Waals surface area contributed by atoms with Crippen LogP contribution in [0, 0.1) is 0 Å². The minimum Gasteiger partial charge on any atom is -0.444 e. The molecule has 0 aliphatic carbocycles. The average molecular weight is 611 g/mol. The van der Waals surface area contributed by atoms with Gasteiger partial charge in [0.05, 0.1) is 12.6 Å². The number of fused-ring (bicyclic) bond motifs is 2. The summed E-state index contributed by atoms with van der Waals surface area (Å²) in [6, 6.07) is -1.37. The maximum absolute atomic E-state index is 13.1. The van der Waals surface area contributed by atoms with Crippen molar-refractivity contribution in [1.82, 2.24) is 30.6 Å². The molecule has 0 radical (unpaired) electrons. The van der Waals surface area contributed by atoms with E-state index in [1.807, 2.05) is 27.7 Å². The highest BCUT2D eigenvalue weighted by Crippen LogP contribution is 2.30. The zero-order chi connectivity index (χ0) is 31.9. The molecule has 2 atom stereocenters. The number of carbonyl (C=O) groups excluding carboxylic acids is 5. The number of nitrogens with zero attached hydrogens (tertiary/aromatic N) is 4. The van der Waals surface area contributed by atoms with E-state index < -0.39 is 41.2 Å². The van der Waals surface area contributed by atoms with Gasteiger partial charge in [-0.05, 0) is 73.6 Å². The Morgan fingerprint density at radius 3 is 2.19 bits per heavy atom. The SMILES string of the molecule is CCCCON1C(=O)N2C[C@@H]1CC[C@H]2C(=O)NNC(=O)CCN(C(=O)OC(C)(C)C)C1CCN(C(=O)OC(C)(C)C)CC1. The predicted molar refractivity (Wildman–Crippen MR) is 156 cm³/mol. The molecule has 14 heteroatoms. The smallest absolute Gasteiger partial charge is 0.410 e. The number of rotatable bonds is 9. The van der Waals surface area contributed by atoms with Crippen LogP contribution in [-0.2, 0) is 23.9 Å². The molecule has 3 aliphatic heterocycles. The van der Waals surface area contributed by atoms with Gasteiger partial charge >= 0.3 is 18.2 Å². The molecule has 43 heavy (non-hydrogen) atoms. The highest BCUT2D eigenvalue weighted by atomic mass is 16.7. The van der Waals surface area contributed by atoms with Gasteiger partial charge in [-0.3, -0.25) is 25.3 Å². The van der Waals surface area contributed by atoms with Crippen molar-refractivity contribution in [2.24, 2.45) is 0 Å². The number of ether oxygens (including phenoxy) is 2. The number of carbonyl (C=O) groups is 5. The second-order valence-electron chi connectivity index (χ2n) is 13.4. The molecule has 3 saturated heterocycles. The van der Waals surface area contributed by atoms with Crippen LogP contribution in [0.4, 0.5) is 14.4 Å². The normalized spacial score (nSPS) is 21.0. The van der Waals surface area contributed by atoms with Crippen LogP contribution >= 0.6 is 0 Å². The van der Waals surface area contributed by atoms with Crippen LogP contribution < -0.4 is 10.9 Å². The summed E-state index contributed by atoms with van der Waals surface area (Å²) in [6.45, 7) is 14.5.